The number of carbonyl (C=O) groups excluding carboxylic acids is 2. The number of aryl methyl sites for hydroxylation is 1. The van der Waals surface area contributed by atoms with Crippen molar-refractivity contribution in [3.8, 4) is 0 Å². The predicted molar refractivity (Wildman–Crippen MR) is 76.6 cm³/mol. The Labute approximate surface area is 122 Å². The van der Waals surface area contributed by atoms with Gasteiger partial charge in [0.15, 0.2) is 9.84 Å². The van der Waals surface area contributed by atoms with Crippen LogP contribution in [0.15, 0.2) is 23.1 Å². The van der Waals surface area contributed by atoms with Crippen molar-refractivity contribution < 1.29 is 18.0 Å². The highest BCUT2D eigenvalue weighted by Gasteiger charge is 2.28. The molecular weight excluding hydrogens is 292 g/mol. The van der Waals surface area contributed by atoms with Crippen LogP contribution in [0.3, 0.4) is 0 Å². The summed E-state index contributed by atoms with van der Waals surface area (Å²) in [5, 5.41) is 5.34. The van der Waals surface area contributed by atoms with Crippen molar-refractivity contribution in [2.45, 2.75) is 36.6 Å². The smallest absolute Gasteiger partial charge is 0.246 e. The highest BCUT2D eigenvalue weighted by molar-refractivity contribution is 7.91. The van der Waals surface area contributed by atoms with Gasteiger partial charge in [0.1, 0.15) is 6.04 Å². The number of nitrogens with one attached hydrogen (secondary N) is 2. The molecule has 6 nitrogen and oxygen atoms in total. The molecule has 0 saturated carbocycles. The molecule has 2 heterocycles. The molecule has 1 fully saturated rings. The average molecular weight is 308 g/mol. The van der Waals surface area contributed by atoms with Gasteiger partial charge in [0, 0.05) is 12.1 Å². The number of hydrogen-bond donors (Lipinski definition) is 2. The van der Waals surface area contributed by atoms with Gasteiger partial charge >= 0.3 is 0 Å². The number of amides is 2. The van der Waals surface area contributed by atoms with Crippen LogP contribution in [-0.2, 0) is 25.8 Å². The van der Waals surface area contributed by atoms with E-state index in [9.17, 15) is 18.0 Å². The molecule has 7 heteroatoms. The molecule has 3 rings (SSSR count). The highest BCUT2D eigenvalue weighted by atomic mass is 32.2. The van der Waals surface area contributed by atoms with Crippen LogP contribution < -0.4 is 10.6 Å². The Hall–Kier alpha value is -1.89. The standard InChI is InChI=1S/C14H16N2O4S/c17-13-6-4-11(16-13)14(18)15-10-3-5-12-9(8-10)2-1-7-21(12,19)20/h3,5,8,11H,1-2,4,6-7H2,(H,15,18)(H,16,17). The van der Waals surface area contributed by atoms with Gasteiger partial charge in [-0.05, 0) is 43.0 Å². The molecule has 0 aromatic heterocycles. The molecule has 0 aliphatic carbocycles. The molecule has 21 heavy (non-hydrogen) atoms. The van der Waals surface area contributed by atoms with E-state index < -0.39 is 15.9 Å². The Balaban J connectivity index is 1.78. The van der Waals surface area contributed by atoms with Crippen LogP contribution in [0.4, 0.5) is 5.69 Å². The Morgan fingerprint density at radius 1 is 1.29 bits per heavy atom. The lowest BCUT2D eigenvalue weighted by Crippen LogP contribution is -2.37. The maximum atomic E-state index is 12.0. The summed E-state index contributed by atoms with van der Waals surface area (Å²) in [5.41, 5.74) is 1.31. The lowest BCUT2D eigenvalue weighted by molar-refractivity contribution is -0.122. The first-order valence-electron chi connectivity index (χ1n) is 6.92. The number of benzene rings is 1. The molecule has 1 aromatic rings. The highest BCUT2D eigenvalue weighted by Crippen LogP contribution is 2.27. The minimum atomic E-state index is -3.18. The summed E-state index contributed by atoms with van der Waals surface area (Å²) in [6.07, 6.45) is 2.15. The van der Waals surface area contributed by atoms with Gasteiger partial charge in [-0.2, -0.15) is 0 Å². The SMILES string of the molecule is O=C1CCC(C(=O)Nc2ccc3c(c2)CCCS3(=O)=O)N1. The Morgan fingerprint density at radius 2 is 2.10 bits per heavy atom. The minimum absolute atomic E-state index is 0.119. The second-order valence-corrected chi connectivity index (χ2v) is 7.47. The first kappa shape index (κ1) is 14.1. The fraction of sp³-hybridized carbons (Fsp3) is 0.429. The third kappa shape index (κ3) is 2.78. The van der Waals surface area contributed by atoms with Crippen molar-refractivity contribution >= 4 is 27.3 Å². The topological polar surface area (TPSA) is 92.3 Å². The second kappa shape index (κ2) is 5.14. The molecule has 1 aromatic carbocycles. The van der Waals surface area contributed by atoms with Crippen LogP contribution >= 0.6 is 0 Å². The van der Waals surface area contributed by atoms with Gasteiger partial charge in [-0.1, -0.05) is 0 Å². The van der Waals surface area contributed by atoms with Crippen LogP contribution in [0.1, 0.15) is 24.8 Å². The molecule has 2 aliphatic heterocycles. The number of rotatable bonds is 2. The molecule has 2 N–H and O–H groups in total. The van der Waals surface area contributed by atoms with E-state index in [1.54, 1.807) is 18.2 Å². The summed E-state index contributed by atoms with van der Waals surface area (Å²) >= 11 is 0. The Morgan fingerprint density at radius 3 is 2.81 bits per heavy atom. The molecule has 1 unspecified atom stereocenters. The van der Waals surface area contributed by atoms with E-state index in [1.807, 2.05) is 0 Å². The summed E-state index contributed by atoms with van der Waals surface area (Å²) in [7, 11) is -3.18. The van der Waals surface area contributed by atoms with Crippen molar-refractivity contribution in [3.05, 3.63) is 23.8 Å². The zero-order chi connectivity index (χ0) is 15.0. The quantitative estimate of drug-likeness (QED) is 0.838. The summed E-state index contributed by atoms with van der Waals surface area (Å²) in [5.74, 6) is -0.203. The molecule has 2 amide bonds. The fourth-order valence-electron chi connectivity index (χ4n) is 2.76. The van der Waals surface area contributed by atoms with Crippen LogP contribution in [0.2, 0.25) is 0 Å². The zero-order valence-corrected chi connectivity index (χ0v) is 12.2. The summed E-state index contributed by atoms with van der Waals surface area (Å²) < 4.78 is 23.8. The van der Waals surface area contributed by atoms with Gasteiger partial charge in [0.25, 0.3) is 0 Å². The van der Waals surface area contributed by atoms with Crippen LogP contribution in [0, 0.1) is 0 Å². The first-order chi connectivity index (χ1) is 9.95. The van der Waals surface area contributed by atoms with Crippen molar-refractivity contribution in [1.29, 1.82) is 0 Å². The van der Waals surface area contributed by atoms with Crippen molar-refractivity contribution in [2.75, 3.05) is 11.1 Å². The van der Waals surface area contributed by atoms with Crippen molar-refractivity contribution in [2.24, 2.45) is 0 Å². The maximum Gasteiger partial charge on any atom is 0.246 e. The van der Waals surface area contributed by atoms with Gasteiger partial charge in [0.05, 0.1) is 10.6 Å². The molecule has 1 saturated heterocycles. The lowest BCUT2D eigenvalue weighted by Gasteiger charge is -2.18. The average Bonchev–Trinajstić information content (AvgIpc) is 2.85. The van der Waals surface area contributed by atoms with E-state index in [1.165, 1.54) is 0 Å². The molecular formula is C14H16N2O4S. The zero-order valence-electron chi connectivity index (χ0n) is 11.4. The minimum Gasteiger partial charge on any atom is -0.344 e. The summed E-state index contributed by atoms with van der Waals surface area (Å²) in [6, 6.07) is 4.35. The Bertz CT molecular complexity index is 712. The predicted octanol–water partition coefficient (Wildman–Crippen LogP) is 0.624. The van der Waals surface area contributed by atoms with Crippen molar-refractivity contribution in [1.82, 2.24) is 5.32 Å². The molecule has 1 atom stereocenters. The summed E-state index contributed by atoms with van der Waals surface area (Å²) in [6.45, 7) is 0. The third-order valence-corrected chi connectivity index (χ3v) is 5.73. The van der Waals surface area contributed by atoms with Crippen LogP contribution in [0.5, 0.6) is 0 Å². The second-order valence-electron chi connectivity index (χ2n) is 5.39. The largest absolute Gasteiger partial charge is 0.344 e. The van der Waals surface area contributed by atoms with E-state index in [-0.39, 0.29) is 17.6 Å². The van der Waals surface area contributed by atoms with E-state index >= 15 is 0 Å². The maximum absolute atomic E-state index is 12.0. The van der Waals surface area contributed by atoms with Crippen LogP contribution in [0.25, 0.3) is 0 Å². The molecule has 0 radical (unpaired) electrons. The lowest BCUT2D eigenvalue weighted by atomic mass is 10.1. The van der Waals surface area contributed by atoms with E-state index in [0.29, 0.717) is 36.3 Å². The van der Waals surface area contributed by atoms with E-state index in [0.717, 1.165) is 5.56 Å². The Kier molecular flexibility index (Phi) is 3.44. The van der Waals surface area contributed by atoms with Gasteiger partial charge in [-0.25, -0.2) is 8.42 Å². The number of sulfone groups is 1. The van der Waals surface area contributed by atoms with E-state index in [4.69, 9.17) is 0 Å². The fourth-order valence-corrected chi connectivity index (χ4v) is 4.34. The number of hydrogen-bond acceptors (Lipinski definition) is 4. The van der Waals surface area contributed by atoms with Gasteiger partial charge in [-0.3, -0.25) is 9.59 Å². The van der Waals surface area contributed by atoms with Gasteiger partial charge in [0.2, 0.25) is 11.8 Å². The number of fused-ring (bicyclic) bond motifs is 1. The molecule has 0 bridgehead atoms. The van der Waals surface area contributed by atoms with Gasteiger partial charge in [-0.15, -0.1) is 0 Å². The van der Waals surface area contributed by atoms with E-state index in [2.05, 4.69) is 10.6 Å². The molecule has 0 spiro atoms. The monoisotopic (exact) mass is 308 g/mol. The number of anilines is 1. The number of carbonyl (C=O) groups is 2. The van der Waals surface area contributed by atoms with Crippen molar-refractivity contribution in [3.63, 3.8) is 0 Å². The van der Waals surface area contributed by atoms with Gasteiger partial charge < -0.3 is 10.6 Å². The molecule has 2 aliphatic rings. The normalized spacial score (nSPS) is 23.2. The van der Waals surface area contributed by atoms with Crippen LogP contribution in [-0.4, -0.2) is 32.0 Å². The first-order valence-corrected chi connectivity index (χ1v) is 8.57. The summed E-state index contributed by atoms with van der Waals surface area (Å²) in [4.78, 5) is 23.5. The molecule has 112 valence electrons. The third-order valence-electron chi connectivity index (χ3n) is 3.83.